The fourth-order valence-corrected chi connectivity index (χ4v) is 4.70. The minimum atomic E-state index is -4.36. The Labute approximate surface area is 207 Å². The van der Waals surface area contributed by atoms with E-state index in [0.29, 0.717) is 23.0 Å². The lowest BCUT2D eigenvalue weighted by atomic mass is 10.1. The van der Waals surface area contributed by atoms with Crippen LogP contribution in [-0.2, 0) is 6.54 Å². The number of nitrogens with one attached hydrogen (secondary N) is 3. The van der Waals surface area contributed by atoms with Crippen LogP contribution in [0, 0.1) is 11.8 Å². The van der Waals surface area contributed by atoms with Crippen LogP contribution in [-0.4, -0.2) is 49.8 Å². The number of benzene rings is 2. The molecular formula is C26H29F3N4OS. The lowest BCUT2D eigenvalue weighted by Crippen LogP contribution is -2.35. The lowest BCUT2D eigenvalue weighted by molar-refractivity contribution is -0.140. The van der Waals surface area contributed by atoms with Gasteiger partial charge in [-0.3, -0.25) is 0 Å². The monoisotopic (exact) mass is 502 g/mol. The zero-order chi connectivity index (χ0) is 24.8. The highest BCUT2D eigenvalue weighted by Crippen LogP contribution is 2.31. The number of halogens is 3. The number of methoxy groups -OCH3 is 1. The molecule has 3 N–H and O–H groups in total. The van der Waals surface area contributed by atoms with Gasteiger partial charge in [0.05, 0.1) is 30.6 Å². The molecule has 1 aromatic heterocycles. The Hall–Kier alpha value is -2.96. The summed E-state index contributed by atoms with van der Waals surface area (Å²) >= 11 is 1.61. The maximum Gasteiger partial charge on any atom is 0.406 e. The normalized spacial score (nSPS) is 14.4. The smallest absolute Gasteiger partial charge is 0.406 e. The summed E-state index contributed by atoms with van der Waals surface area (Å²) in [4.78, 5) is 1.07. The molecule has 9 heteroatoms. The molecule has 0 radical (unpaired) electrons. The van der Waals surface area contributed by atoms with Crippen molar-refractivity contribution in [1.29, 1.82) is 0 Å². The maximum absolute atomic E-state index is 13.4. The third-order valence-corrected chi connectivity index (χ3v) is 6.70. The van der Waals surface area contributed by atoms with Crippen molar-refractivity contribution < 1.29 is 17.9 Å². The molecule has 2 heterocycles. The van der Waals surface area contributed by atoms with Gasteiger partial charge in [0.1, 0.15) is 12.3 Å². The van der Waals surface area contributed by atoms with Gasteiger partial charge in [0.2, 0.25) is 0 Å². The molecule has 35 heavy (non-hydrogen) atoms. The number of hydrogen-bond acceptors (Lipinski definition) is 5. The third-order valence-electron chi connectivity index (χ3n) is 5.97. The van der Waals surface area contributed by atoms with Gasteiger partial charge in [-0.1, -0.05) is 12.0 Å². The Morgan fingerprint density at radius 1 is 1.14 bits per heavy atom. The number of piperidine rings is 1. The molecule has 1 fully saturated rings. The van der Waals surface area contributed by atoms with Crippen LogP contribution in [0.3, 0.4) is 0 Å². The van der Waals surface area contributed by atoms with Crippen LogP contribution in [0.1, 0.15) is 18.5 Å². The molecule has 3 aromatic rings. The first kappa shape index (κ1) is 25.1. The largest absolute Gasteiger partial charge is 0.495 e. The van der Waals surface area contributed by atoms with E-state index >= 15 is 0 Å². The van der Waals surface area contributed by atoms with Crippen molar-refractivity contribution in [3.05, 3.63) is 48.2 Å². The number of hydrogen-bond donors (Lipinski definition) is 3. The van der Waals surface area contributed by atoms with Gasteiger partial charge in [0, 0.05) is 22.0 Å². The van der Waals surface area contributed by atoms with E-state index < -0.39 is 12.7 Å². The van der Waals surface area contributed by atoms with Crippen molar-refractivity contribution >= 4 is 34.0 Å². The Morgan fingerprint density at radius 3 is 2.66 bits per heavy atom. The average molecular weight is 503 g/mol. The highest BCUT2D eigenvalue weighted by Gasteiger charge is 2.30. The summed E-state index contributed by atoms with van der Waals surface area (Å²) in [6, 6.07) is 13.3. The number of thioether (sulfide) groups is 1. The van der Waals surface area contributed by atoms with E-state index in [1.54, 1.807) is 37.1 Å². The molecule has 1 aliphatic heterocycles. The van der Waals surface area contributed by atoms with Crippen molar-refractivity contribution in [3.8, 4) is 17.6 Å². The Kier molecular flexibility index (Phi) is 8.04. The van der Waals surface area contributed by atoms with E-state index in [0.717, 1.165) is 47.6 Å². The Morgan fingerprint density at radius 2 is 1.94 bits per heavy atom. The fourth-order valence-electron chi connectivity index (χ4n) is 4.27. The average Bonchev–Trinajstić information content (AvgIpc) is 3.19. The van der Waals surface area contributed by atoms with Crippen LogP contribution < -0.4 is 20.7 Å². The molecule has 0 spiro atoms. The molecule has 4 rings (SSSR count). The molecule has 1 aliphatic rings. The molecule has 0 atom stereocenters. The van der Waals surface area contributed by atoms with Crippen LogP contribution in [0.5, 0.6) is 5.75 Å². The van der Waals surface area contributed by atoms with Crippen LogP contribution in [0.2, 0.25) is 0 Å². The number of rotatable bonds is 7. The van der Waals surface area contributed by atoms with Gasteiger partial charge in [-0.15, -0.1) is 11.8 Å². The summed E-state index contributed by atoms with van der Waals surface area (Å²) in [5.74, 6) is 6.63. The van der Waals surface area contributed by atoms with E-state index in [2.05, 4.69) is 27.8 Å². The van der Waals surface area contributed by atoms with Gasteiger partial charge in [-0.2, -0.15) is 13.2 Å². The molecule has 0 amide bonds. The van der Waals surface area contributed by atoms with Crippen LogP contribution in [0.15, 0.2) is 47.4 Å². The summed E-state index contributed by atoms with van der Waals surface area (Å²) in [6.07, 6.45) is -0.426. The standard InChI is InChI=1S/C26H29F3N4OS/c1-34-25-16-20(35-2)8-9-23(25)31-12-4-5-19-15-21-22(32-18-10-13-30-14-11-18)6-3-7-24(21)33(19)17-26(27,28)29/h3,6-9,15-16,18,30-32H,10-14,17H2,1-2H3. The molecule has 0 aliphatic carbocycles. The van der Waals surface area contributed by atoms with Crippen molar-refractivity contribution in [2.45, 2.75) is 36.5 Å². The predicted molar refractivity (Wildman–Crippen MR) is 138 cm³/mol. The molecule has 5 nitrogen and oxygen atoms in total. The third kappa shape index (κ3) is 6.38. The van der Waals surface area contributed by atoms with Gasteiger partial charge in [0.25, 0.3) is 0 Å². The quantitative estimate of drug-likeness (QED) is 0.292. The highest BCUT2D eigenvalue weighted by atomic mass is 32.2. The van der Waals surface area contributed by atoms with Crippen molar-refractivity contribution in [2.75, 3.05) is 43.6 Å². The van der Waals surface area contributed by atoms with Crippen LogP contribution >= 0.6 is 11.8 Å². The fraction of sp³-hybridized carbons (Fsp3) is 0.385. The summed E-state index contributed by atoms with van der Waals surface area (Å²) in [6.45, 7) is 1.03. The molecule has 0 saturated carbocycles. The number of nitrogens with zero attached hydrogens (tertiary/aromatic N) is 1. The van der Waals surface area contributed by atoms with E-state index in [9.17, 15) is 13.2 Å². The van der Waals surface area contributed by atoms with Crippen molar-refractivity contribution in [1.82, 2.24) is 9.88 Å². The van der Waals surface area contributed by atoms with Crippen molar-refractivity contribution in [2.24, 2.45) is 0 Å². The number of aromatic nitrogens is 1. The molecule has 2 aromatic carbocycles. The molecule has 0 bridgehead atoms. The van der Waals surface area contributed by atoms with Crippen LogP contribution in [0.4, 0.5) is 24.5 Å². The summed E-state index contributed by atoms with van der Waals surface area (Å²) < 4.78 is 47.0. The maximum atomic E-state index is 13.4. The number of fused-ring (bicyclic) bond motifs is 1. The first-order valence-electron chi connectivity index (χ1n) is 11.5. The minimum absolute atomic E-state index is 0.267. The molecule has 186 valence electrons. The minimum Gasteiger partial charge on any atom is -0.495 e. The summed E-state index contributed by atoms with van der Waals surface area (Å²) in [5, 5.41) is 10.8. The van der Waals surface area contributed by atoms with E-state index in [1.165, 1.54) is 4.57 Å². The second kappa shape index (κ2) is 11.2. The summed E-state index contributed by atoms with van der Waals surface area (Å²) in [5.41, 5.74) is 2.48. The second-order valence-electron chi connectivity index (χ2n) is 8.36. The van der Waals surface area contributed by atoms with Gasteiger partial charge < -0.3 is 25.3 Å². The highest BCUT2D eigenvalue weighted by molar-refractivity contribution is 7.98. The van der Waals surface area contributed by atoms with Gasteiger partial charge >= 0.3 is 6.18 Å². The first-order valence-corrected chi connectivity index (χ1v) is 12.7. The number of anilines is 2. The Balaban J connectivity index is 1.60. The van der Waals surface area contributed by atoms with Gasteiger partial charge in [0.15, 0.2) is 0 Å². The van der Waals surface area contributed by atoms with E-state index in [1.807, 2.05) is 30.5 Å². The first-order chi connectivity index (χ1) is 16.9. The SMILES string of the molecule is COc1cc(SC)ccc1NCC#Cc1cc2c(NC3CCNCC3)cccc2n1CC(F)(F)F. The van der Waals surface area contributed by atoms with E-state index in [-0.39, 0.29) is 6.54 Å². The van der Waals surface area contributed by atoms with Crippen molar-refractivity contribution in [3.63, 3.8) is 0 Å². The topological polar surface area (TPSA) is 50.2 Å². The molecule has 1 saturated heterocycles. The Bertz CT molecular complexity index is 1220. The van der Waals surface area contributed by atoms with Crippen LogP contribution in [0.25, 0.3) is 10.9 Å². The predicted octanol–water partition coefficient (Wildman–Crippen LogP) is 5.56. The van der Waals surface area contributed by atoms with Gasteiger partial charge in [-0.05, 0) is 74.5 Å². The van der Waals surface area contributed by atoms with E-state index in [4.69, 9.17) is 4.74 Å². The zero-order valence-electron chi connectivity index (χ0n) is 19.8. The van der Waals surface area contributed by atoms with Gasteiger partial charge in [-0.25, -0.2) is 0 Å². The molecular weight excluding hydrogens is 473 g/mol. The summed E-state index contributed by atoms with van der Waals surface area (Å²) in [7, 11) is 1.60. The lowest BCUT2D eigenvalue weighted by Gasteiger charge is -2.25. The number of ether oxygens (including phenoxy) is 1. The zero-order valence-corrected chi connectivity index (χ0v) is 20.6. The second-order valence-corrected chi connectivity index (χ2v) is 9.24. The number of alkyl halides is 3. The molecule has 0 unspecified atom stereocenters.